The van der Waals surface area contributed by atoms with Crippen LogP contribution in [0.15, 0.2) is 35.1 Å². The first-order chi connectivity index (χ1) is 8.49. The van der Waals surface area contributed by atoms with E-state index in [0.29, 0.717) is 5.56 Å². The zero-order valence-electron chi connectivity index (χ0n) is 9.40. The van der Waals surface area contributed by atoms with E-state index < -0.39 is 10.5 Å². The number of benzene rings is 1. The van der Waals surface area contributed by atoms with Crippen LogP contribution in [0.1, 0.15) is 0 Å². The molecule has 0 radical (unpaired) electrons. The van der Waals surface area contributed by atoms with Gasteiger partial charge in [0.1, 0.15) is 5.82 Å². The van der Waals surface area contributed by atoms with E-state index in [1.54, 1.807) is 0 Å². The molecule has 1 heterocycles. The number of rotatable bonds is 2. The Bertz CT molecular complexity index is 661. The molecular weight excluding hydrogens is 238 g/mol. The number of hydrogen-bond donors (Lipinski definition) is 1. The highest BCUT2D eigenvalue weighted by Gasteiger charge is 2.10. The van der Waals surface area contributed by atoms with Crippen molar-refractivity contribution in [1.29, 1.82) is 0 Å². The molecule has 1 N–H and O–H groups in total. The largest absolute Gasteiger partial charge is 0.493 e. The number of nitro benzene ring substituents is 1. The van der Waals surface area contributed by atoms with Crippen LogP contribution >= 0.6 is 0 Å². The predicted molar refractivity (Wildman–Crippen MR) is 63.2 cm³/mol. The van der Waals surface area contributed by atoms with E-state index in [4.69, 9.17) is 0 Å². The van der Waals surface area contributed by atoms with E-state index in [1.165, 1.54) is 35.9 Å². The average Bonchev–Trinajstić information content (AvgIpc) is 2.34. The summed E-state index contributed by atoms with van der Waals surface area (Å²) in [4.78, 5) is 25.3. The summed E-state index contributed by atoms with van der Waals surface area (Å²) >= 11 is 0. The van der Waals surface area contributed by atoms with Gasteiger partial charge in [0.2, 0.25) is 5.88 Å². The second kappa shape index (κ2) is 4.28. The van der Waals surface area contributed by atoms with E-state index >= 15 is 0 Å². The summed E-state index contributed by atoms with van der Waals surface area (Å²) in [6.45, 7) is 0. The molecule has 92 valence electrons. The van der Waals surface area contributed by atoms with Gasteiger partial charge in [0.15, 0.2) is 0 Å². The van der Waals surface area contributed by atoms with Crippen molar-refractivity contribution in [3.63, 3.8) is 0 Å². The van der Waals surface area contributed by atoms with Gasteiger partial charge in [-0.3, -0.25) is 19.5 Å². The first kappa shape index (κ1) is 11.8. The Balaban J connectivity index is 2.55. The average molecular weight is 247 g/mol. The lowest BCUT2D eigenvalue weighted by Gasteiger charge is -2.06. The van der Waals surface area contributed by atoms with Gasteiger partial charge in [0, 0.05) is 24.7 Å². The first-order valence-corrected chi connectivity index (χ1v) is 5.01. The highest BCUT2D eigenvalue weighted by atomic mass is 16.6. The van der Waals surface area contributed by atoms with Crippen LogP contribution < -0.4 is 5.56 Å². The molecule has 0 saturated carbocycles. The van der Waals surface area contributed by atoms with Crippen LogP contribution in [0.2, 0.25) is 0 Å². The van der Waals surface area contributed by atoms with Crippen LogP contribution in [0.4, 0.5) is 5.69 Å². The maximum Gasteiger partial charge on any atom is 0.269 e. The normalized spacial score (nSPS) is 10.3. The number of non-ortho nitro benzene ring substituents is 1. The van der Waals surface area contributed by atoms with E-state index in [1.807, 2.05) is 0 Å². The highest BCUT2D eigenvalue weighted by Crippen LogP contribution is 2.20. The van der Waals surface area contributed by atoms with E-state index in [-0.39, 0.29) is 17.4 Å². The maximum absolute atomic E-state index is 11.5. The standard InChI is InChI=1S/C11H9N3O4/c1-13-10(16)6-9(15)12-11(13)7-2-4-8(5-3-7)14(17)18/h2-6,15H,1H3. The highest BCUT2D eigenvalue weighted by molar-refractivity contribution is 5.58. The fraction of sp³-hybridized carbons (Fsp3) is 0.0909. The minimum absolute atomic E-state index is 0.0519. The molecule has 7 heteroatoms. The van der Waals surface area contributed by atoms with Crippen LogP contribution in [-0.4, -0.2) is 19.6 Å². The molecule has 7 nitrogen and oxygen atoms in total. The van der Waals surface area contributed by atoms with E-state index in [2.05, 4.69) is 4.98 Å². The summed E-state index contributed by atoms with van der Waals surface area (Å²) in [7, 11) is 1.51. The third-order valence-corrected chi connectivity index (χ3v) is 2.46. The number of aromatic nitrogens is 2. The molecule has 0 spiro atoms. The van der Waals surface area contributed by atoms with Gasteiger partial charge in [-0.25, -0.2) is 0 Å². The van der Waals surface area contributed by atoms with E-state index in [0.717, 1.165) is 6.07 Å². The van der Waals surface area contributed by atoms with Gasteiger partial charge in [-0.1, -0.05) is 0 Å². The second-order valence-corrected chi connectivity index (χ2v) is 3.64. The Labute approximate surface area is 101 Å². The van der Waals surface area contributed by atoms with Crippen molar-refractivity contribution in [2.75, 3.05) is 0 Å². The van der Waals surface area contributed by atoms with Crippen molar-refractivity contribution >= 4 is 5.69 Å². The van der Waals surface area contributed by atoms with Crippen LogP contribution in [0.25, 0.3) is 11.4 Å². The number of nitrogens with zero attached hydrogens (tertiary/aromatic N) is 3. The summed E-state index contributed by atoms with van der Waals surface area (Å²) < 4.78 is 1.25. The SMILES string of the molecule is Cn1c(-c2ccc([N+](=O)[O-])cc2)nc(O)cc1=O. The van der Waals surface area contributed by atoms with Gasteiger partial charge in [-0.15, -0.1) is 0 Å². The second-order valence-electron chi connectivity index (χ2n) is 3.64. The molecule has 0 aliphatic heterocycles. The van der Waals surface area contributed by atoms with Crippen LogP contribution in [0, 0.1) is 10.1 Å². The molecule has 0 atom stereocenters. The molecule has 0 amide bonds. The van der Waals surface area contributed by atoms with Gasteiger partial charge >= 0.3 is 0 Å². The zero-order valence-corrected chi connectivity index (χ0v) is 9.40. The third-order valence-electron chi connectivity index (χ3n) is 2.46. The summed E-state index contributed by atoms with van der Waals surface area (Å²) in [5, 5.41) is 19.8. The third kappa shape index (κ3) is 2.05. The van der Waals surface area contributed by atoms with Crippen molar-refractivity contribution < 1.29 is 10.0 Å². The Kier molecular flexibility index (Phi) is 2.80. The van der Waals surface area contributed by atoms with Crippen LogP contribution in [-0.2, 0) is 7.05 Å². The Morgan fingerprint density at radius 1 is 1.33 bits per heavy atom. The first-order valence-electron chi connectivity index (χ1n) is 5.01. The maximum atomic E-state index is 11.5. The van der Waals surface area contributed by atoms with Gasteiger partial charge in [0.25, 0.3) is 11.2 Å². The molecule has 1 aromatic carbocycles. The number of nitro groups is 1. The van der Waals surface area contributed by atoms with Gasteiger partial charge < -0.3 is 5.11 Å². The summed E-state index contributed by atoms with van der Waals surface area (Å²) in [6.07, 6.45) is 0. The minimum atomic E-state index is -0.515. The fourth-order valence-corrected chi connectivity index (χ4v) is 1.52. The van der Waals surface area contributed by atoms with Crippen molar-refractivity contribution in [3.8, 4) is 17.3 Å². The molecule has 0 bridgehead atoms. The molecule has 2 rings (SSSR count). The molecule has 0 saturated heterocycles. The molecule has 0 aliphatic rings. The lowest BCUT2D eigenvalue weighted by Crippen LogP contribution is -2.18. The molecule has 18 heavy (non-hydrogen) atoms. The van der Waals surface area contributed by atoms with Gasteiger partial charge in [-0.2, -0.15) is 4.98 Å². The summed E-state index contributed by atoms with van der Waals surface area (Å²) in [6, 6.07) is 6.56. The smallest absolute Gasteiger partial charge is 0.269 e. The lowest BCUT2D eigenvalue weighted by molar-refractivity contribution is -0.384. The van der Waals surface area contributed by atoms with Gasteiger partial charge in [-0.05, 0) is 12.1 Å². The Morgan fingerprint density at radius 2 is 1.94 bits per heavy atom. The topological polar surface area (TPSA) is 98.3 Å². The number of aromatic hydroxyl groups is 1. The molecule has 2 aromatic rings. The molecular formula is C11H9N3O4. The molecule has 1 aromatic heterocycles. The monoisotopic (exact) mass is 247 g/mol. The van der Waals surface area contributed by atoms with E-state index in [9.17, 15) is 20.0 Å². The van der Waals surface area contributed by atoms with Crippen molar-refractivity contribution in [2.45, 2.75) is 0 Å². The molecule has 0 unspecified atom stereocenters. The zero-order chi connectivity index (χ0) is 13.3. The Morgan fingerprint density at radius 3 is 2.50 bits per heavy atom. The van der Waals surface area contributed by atoms with Gasteiger partial charge in [0.05, 0.1) is 11.0 Å². The van der Waals surface area contributed by atoms with Crippen molar-refractivity contribution in [3.05, 3.63) is 50.8 Å². The Hall–Kier alpha value is -2.70. The fourth-order valence-electron chi connectivity index (χ4n) is 1.52. The van der Waals surface area contributed by atoms with Crippen LogP contribution in [0.3, 0.4) is 0 Å². The van der Waals surface area contributed by atoms with Crippen LogP contribution in [0.5, 0.6) is 5.88 Å². The minimum Gasteiger partial charge on any atom is -0.493 e. The van der Waals surface area contributed by atoms with Crippen molar-refractivity contribution in [2.24, 2.45) is 7.05 Å². The summed E-state index contributed by atoms with van der Waals surface area (Å²) in [5.41, 5.74) is 0.0517. The molecule has 0 fully saturated rings. The lowest BCUT2D eigenvalue weighted by atomic mass is 10.2. The predicted octanol–water partition coefficient (Wildman–Crippen LogP) is 1.06. The summed E-state index contributed by atoms with van der Waals surface area (Å²) in [5.74, 6) is -0.138. The molecule has 0 aliphatic carbocycles. The van der Waals surface area contributed by atoms with Crippen molar-refractivity contribution in [1.82, 2.24) is 9.55 Å². The number of hydrogen-bond acceptors (Lipinski definition) is 5. The quantitative estimate of drug-likeness (QED) is 0.632.